The Hall–Kier alpha value is -1.63. The molecule has 7 nitrogen and oxygen atoms in total. The largest absolute Gasteiger partial charge is 0.369 e. The van der Waals surface area contributed by atoms with Gasteiger partial charge in [0.05, 0.1) is 6.04 Å². The predicted octanol–water partition coefficient (Wildman–Crippen LogP) is 0.197. The Morgan fingerprint density at radius 3 is 2.14 bits per heavy atom. The molecule has 0 aromatic carbocycles. The first-order chi connectivity index (χ1) is 9.60. The van der Waals surface area contributed by atoms with Crippen molar-refractivity contribution in [3.8, 4) is 0 Å². The standard InChI is InChI=1S/C14H26N4O3/c1-9(12(20)16-13(21)17-14(2,3)4)18-7-5-10(6-8-18)11(15)19/h9-10H,5-8H2,1-4H3,(H2,15,19)(H2,16,17,20,21). The average Bonchev–Trinajstić information content (AvgIpc) is 2.35. The van der Waals surface area contributed by atoms with Crippen LogP contribution < -0.4 is 16.4 Å². The van der Waals surface area contributed by atoms with Gasteiger partial charge in [-0.2, -0.15) is 0 Å². The van der Waals surface area contributed by atoms with Gasteiger partial charge in [-0.15, -0.1) is 0 Å². The summed E-state index contributed by atoms with van der Waals surface area (Å²) < 4.78 is 0. The van der Waals surface area contributed by atoms with Gasteiger partial charge in [0.15, 0.2) is 0 Å². The second-order valence-corrected chi connectivity index (χ2v) is 6.58. The predicted molar refractivity (Wildman–Crippen MR) is 79.4 cm³/mol. The molecule has 1 unspecified atom stereocenters. The molecule has 1 atom stereocenters. The van der Waals surface area contributed by atoms with E-state index in [2.05, 4.69) is 10.6 Å². The van der Waals surface area contributed by atoms with Crippen LogP contribution in [-0.2, 0) is 9.59 Å². The van der Waals surface area contributed by atoms with Crippen molar-refractivity contribution in [2.45, 2.75) is 52.1 Å². The first-order valence-corrected chi connectivity index (χ1v) is 7.26. The lowest BCUT2D eigenvalue weighted by Gasteiger charge is -2.34. The molecule has 0 aromatic rings. The number of urea groups is 1. The van der Waals surface area contributed by atoms with Crippen LogP contribution in [-0.4, -0.2) is 47.4 Å². The van der Waals surface area contributed by atoms with Crippen molar-refractivity contribution in [2.75, 3.05) is 13.1 Å². The zero-order chi connectivity index (χ0) is 16.2. The van der Waals surface area contributed by atoms with E-state index in [4.69, 9.17) is 5.73 Å². The van der Waals surface area contributed by atoms with Crippen molar-refractivity contribution in [3.05, 3.63) is 0 Å². The summed E-state index contributed by atoms with van der Waals surface area (Å²) in [6.07, 6.45) is 1.31. The third kappa shape index (κ3) is 5.71. The molecule has 4 amide bonds. The van der Waals surface area contributed by atoms with Crippen molar-refractivity contribution in [1.29, 1.82) is 0 Å². The molecule has 0 radical (unpaired) electrons. The minimum atomic E-state index is -0.494. The monoisotopic (exact) mass is 298 g/mol. The fraction of sp³-hybridized carbons (Fsp3) is 0.786. The maximum Gasteiger partial charge on any atom is 0.321 e. The number of primary amides is 1. The van der Waals surface area contributed by atoms with Gasteiger partial charge >= 0.3 is 6.03 Å². The van der Waals surface area contributed by atoms with Crippen molar-refractivity contribution in [2.24, 2.45) is 11.7 Å². The molecule has 0 saturated carbocycles. The zero-order valence-corrected chi connectivity index (χ0v) is 13.2. The number of nitrogens with two attached hydrogens (primary N) is 1. The molecule has 4 N–H and O–H groups in total. The molecule has 1 fully saturated rings. The zero-order valence-electron chi connectivity index (χ0n) is 13.2. The highest BCUT2D eigenvalue weighted by molar-refractivity contribution is 5.97. The normalized spacial score (nSPS) is 18.9. The number of likely N-dealkylation sites (tertiary alicyclic amines) is 1. The number of nitrogens with one attached hydrogen (secondary N) is 2. The fourth-order valence-electron chi connectivity index (χ4n) is 2.33. The van der Waals surface area contributed by atoms with Crippen LogP contribution in [0.5, 0.6) is 0 Å². The van der Waals surface area contributed by atoms with E-state index in [-0.39, 0.29) is 17.7 Å². The van der Waals surface area contributed by atoms with Crippen molar-refractivity contribution in [3.63, 3.8) is 0 Å². The third-order valence-electron chi connectivity index (χ3n) is 3.58. The van der Waals surface area contributed by atoms with E-state index in [0.29, 0.717) is 25.9 Å². The minimum absolute atomic E-state index is 0.110. The molecular weight excluding hydrogens is 272 g/mol. The fourth-order valence-corrected chi connectivity index (χ4v) is 2.33. The van der Waals surface area contributed by atoms with Gasteiger partial charge in [0.1, 0.15) is 0 Å². The number of rotatable bonds is 3. The summed E-state index contributed by atoms with van der Waals surface area (Å²) >= 11 is 0. The minimum Gasteiger partial charge on any atom is -0.369 e. The van der Waals surface area contributed by atoms with Gasteiger partial charge in [-0.1, -0.05) is 0 Å². The van der Waals surface area contributed by atoms with Crippen molar-refractivity contribution < 1.29 is 14.4 Å². The summed E-state index contributed by atoms with van der Waals surface area (Å²) in [5.41, 5.74) is 4.89. The van der Waals surface area contributed by atoms with E-state index in [1.807, 2.05) is 25.7 Å². The molecule has 1 heterocycles. The van der Waals surface area contributed by atoms with E-state index in [1.54, 1.807) is 6.92 Å². The molecule has 0 aromatic heterocycles. The summed E-state index contributed by atoms with van der Waals surface area (Å²) in [6, 6.07) is -0.907. The van der Waals surface area contributed by atoms with Gasteiger partial charge in [-0.25, -0.2) is 4.79 Å². The molecule has 1 rings (SSSR count). The topological polar surface area (TPSA) is 105 Å². The van der Waals surface area contributed by atoms with Gasteiger partial charge in [0, 0.05) is 11.5 Å². The Balaban J connectivity index is 2.45. The molecule has 0 aliphatic carbocycles. The van der Waals surface area contributed by atoms with Crippen LogP contribution >= 0.6 is 0 Å². The van der Waals surface area contributed by atoms with Gasteiger partial charge in [0.2, 0.25) is 11.8 Å². The third-order valence-corrected chi connectivity index (χ3v) is 3.58. The second kappa shape index (κ2) is 6.89. The lowest BCUT2D eigenvalue weighted by atomic mass is 9.95. The number of carbonyl (C=O) groups excluding carboxylic acids is 3. The number of carbonyl (C=O) groups is 3. The number of nitrogens with zero attached hydrogens (tertiary/aromatic N) is 1. The molecule has 1 aliphatic rings. The van der Waals surface area contributed by atoms with E-state index in [0.717, 1.165) is 0 Å². The SMILES string of the molecule is CC(C(=O)NC(=O)NC(C)(C)C)N1CCC(C(N)=O)CC1. The van der Waals surface area contributed by atoms with E-state index >= 15 is 0 Å². The average molecular weight is 298 g/mol. The Morgan fingerprint density at radius 1 is 1.19 bits per heavy atom. The summed E-state index contributed by atoms with van der Waals surface area (Å²) in [4.78, 5) is 36.8. The van der Waals surface area contributed by atoms with Crippen LogP contribution in [0.15, 0.2) is 0 Å². The van der Waals surface area contributed by atoms with Gasteiger partial charge in [-0.05, 0) is 53.6 Å². The van der Waals surface area contributed by atoms with Gasteiger partial charge in [-0.3, -0.25) is 19.8 Å². The van der Waals surface area contributed by atoms with E-state index < -0.39 is 17.6 Å². The van der Waals surface area contributed by atoms with Crippen LogP contribution in [0.1, 0.15) is 40.5 Å². The smallest absolute Gasteiger partial charge is 0.321 e. The van der Waals surface area contributed by atoms with Crippen molar-refractivity contribution >= 4 is 17.8 Å². The van der Waals surface area contributed by atoms with Crippen LogP contribution in [0, 0.1) is 5.92 Å². The highest BCUT2D eigenvalue weighted by atomic mass is 16.2. The van der Waals surface area contributed by atoms with Crippen LogP contribution in [0.3, 0.4) is 0 Å². The summed E-state index contributed by atoms with van der Waals surface area (Å²) in [5.74, 6) is -0.730. The number of amides is 4. The quantitative estimate of drug-likeness (QED) is 0.692. The Morgan fingerprint density at radius 2 is 1.71 bits per heavy atom. The highest BCUT2D eigenvalue weighted by Gasteiger charge is 2.29. The van der Waals surface area contributed by atoms with Gasteiger partial charge < -0.3 is 11.1 Å². The van der Waals surface area contributed by atoms with E-state index in [1.165, 1.54) is 0 Å². The maximum atomic E-state index is 12.0. The summed E-state index contributed by atoms with van der Waals surface area (Å²) in [7, 11) is 0. The first-order valence-electron chi connectivity index (χ1n) is 7.26. The molecule has 0 bridgehead atoms. The number of hydrogen-bond donors (Lipinski definition) is 3. The lowest BCUT2D eigenvalue weighted by Crippen LogP contribution is -2.54. The Bertz CT molecular complexity index is 409. The Labute approximate surface area is 125 Å². The van der Waals surface area contributed by atoms with E-state index in [9.17, 15) is 14.4 Å². The summed E-state index contributed by atoms with van der Waals surface area (Å²) in [6.45, 7) is 8.54. The molecule has 0 spiro atoms. The van der Waals surface area contributed by atoms with Crippen LogP contribution in [0.4, 0.5) is 4.79 Å². The Kier molecular flexibility index (Phi) is 5.71. The molecule has 120 valence electrons. The van der Waals surface area contributed by atoms with Crippen molar-refractivity contribution in [1.82, 2.24) is 15.5 Å². The number of hydrogen-bond acceptors (Lipinski definition) is 4. The molecular formula is C14H26N4O3. The maximum absolute atomic E-state index is 12.0. The second-order valence-electron chi connectivity index (χ2n) is 6.58. The number of imide groups is 1. The van der Waals surface area contributed by atoms with Crippen LogP contribution in [0.25, 0.3) is 0 Å². The molecule has 1 saturated heterocycles. The molecule has 1 aliphatic heterocycles. The highest BCUT2D eigenvalue weighted by Crippen LogP contribution is 2.18. The summed E-state index contributed by atoms with van der Waals surface area (Å²) in [5, 5.41) is 5.02. The van der Waals surface area contributed by atoms with Gasteiger partial charge in [0.25, 0.3) is 0 Å². The van der Waals surface area contributed by atoms with Crippen LogP contribution in [0.2, 0.25) is 0 Å². The lowest BCUT2D eigenvalue weighted by molar-refractivity contribution is -0.126. The first kappa shape index (κ1) is 17.4. The molecule has 7 heteroatoms. The number of piperidine rings is 1. The molecule has 21 heavy (non-hydrogen) atoms.